The third-order valence-electron chi connectivity index (χ3n) is 4.16. The van der Waals surface area contributed by atoms with Crippen molar-refractivity contribution in [2.45, 2.75) is 18.8 Å². The molecule has 1 aromatic heterocycles. The van der Waals surface area contributed by atoms with E-state index in [0.29, 0.717) is 0 Å². The highest BCUT2D eigenvalue weighted by Crippen LogP contribution is 2.40. The molecule has 0 bridgehead atoms. The molecule has 0 spiro atoms. The molecule has 0 aliphatic heterocycles. The number of nitrogens with zero attached hydrogens (tertiary/aromatic N) is 2. The first-order valence-electron chi connectivity index (χ1n) is 7.76. The molecule has 1 aliphatic rings. The van der Waals surface area contributed by atoms with E-state index in [0.717, 1.165) is 33.8 Å². The van der Waals surface area contributed by atoms with Crippen molar-refractivity contribution in [3.63, 3.8) is 0 Å². The van der Waals surface area contributed by atoms with Gasteiger partial charge in [-0.05, 0) is 42.5 Å². The molecule has 0 N–H and O–H groups in total. The van der Waals surface area contributed by atoms with Crippen LogP contribution in [0.5, 0.6) is 5.75 Å². The maximum absolute atomic E-state index is 5.52. The van der Waals surface area contributed by atoms with Gasteiger partial charge < -0.3 is 4.74 Å². The summed E-state index contributed by atoms with van der Waals surface area (Å²) in [6.07, 6.45) is 9.48. The van der Waals surface area contributed by atoms with Crippen molar-refractivity contribution in [3.05, 3.63) is 54.4 Å². The van der Waals surface area contributed by atoms with E-state index >= 15 is 0 Å². The fourth-order valence-corrected chi connectivity index (χ4v) is 2.81. The van der Waals surface area contributed by atoms with Crippen LogP contribution >= 0.6 is 0 Å². The fraction of sp³-hybridized carbons (Fsp3) is 0.200. The fourth-order valence-electron chi connectivity index (χ4n) is 2.81. The Hall–Kier alpha value is -2.86. The second kappa shape index (κ2) is 5.73. The third-order valence-corrected chi connectivity index (χ3v) is 4.16. The average molecular weight is 300 g/mol. The van der Waals surface area contributed by atoms with Crippen molar-refractivity contribution in [2.75, 3.05) is 6.61 Å². The Morgan fingerprint density at radius 2 is 1.91 bits per heavy atom. The van der Waals surface area contributed by atoms with Crippen LogP contribution in [0.4, 0.5) is 0 Å². The summed E-state index contributed by atoms with van der Waals surface area (Å²) in [5.41, 5.74) is 4.33. The van der Waals surface area contributed by atoms with Crippen molar-refractivity contribution in [3.8, 4) is 29.4 Å². The summed E-state index contributed by atoms with van der Waals surface area (Å²) in [6, 6.07) is 14.5. The molecule has 0 amide bonds. The highest BCUT2D eigenvalue weighted by atomic mass is 16.5. The zero-order valence-corrected chi connectivity index (χ0v) is 12.7. The second-order valence-corrected chi connectivity index (χ2v) is 5.79. The van der Waals surface area contributed by atoms with Crippen molar-refractivity contribution in [2.24, 2.45) is 0 Å². The quantitative estimate of drug-likeness (QED) is 0.678. The van der Waals surface area contributed by atoms with Gasteiger partial charge in [-0.25, -0.2) is 9.97 Å². The van der Waals surface area contributed by atoms with Crippen LogP contribution in [0.3, 0.4) is 0 Å². The van der Waals surface area contributed by atoms with Crippen LogP contribution in [0.15, 0.2) is 48.8 Å². The molecule has 0 unspecified atom stereocenters. The Morgan fingerprint density at radius 3 is 2.65 bits per heavy atom. The molecule has 23 heavy (non-hydrogen) atoms. The zero-order chi connectivity index (χ0) is 15.6. The largest absolute Gasteiger partial charge is 0.481 e. The lowest BCUT2D eigenvalue weighted by Crippen LogP contribution is -1.95. The molecule has 3 aromatic rings. The standard InChI is InChI=1S/C20H16N2O/c1-2-11-23-17-9-10-19-18(12-17)20(22-13-21-19)16-7-5-15(6-8-16)14-3-4-14/h1,5-10,12-14H,3-4,11H2. The van der Waals surface area contributed by atoms with Gasteiger partial charge in [-0.3, -0.25) is 0 Å². The number of hydrogen-bond donors (Lipinski definition) is 0. The van der Waals surface area contributed by atoms with E-state index in [1.165, 1.54) is 18.4 Å². The average Bonchev–Trinajstić information content (AvgIpc) is 3.44. The molecule has 1 heterocycles. The maximum Gasteiger partial charge on any atom is 0.148 e. The number of hydrogen-bond acceptors (Lipinski definition) is 3. The lowest BCUT2D eigenvalue weighted by molar-refractivity contribution is 0.371. The molecule has 1 fully saturated rings. The van der Waals surface area contributed by atoms with Crippen LogP contribution in [-0.2, 0) is 0 Å². The topological polar surface area (TPSA) is 35.0 Å². The Labute approximate surface area is 135 Å². The molecular formula is C20H16N2O. The SMILES string of the molecule is C#CCOc1ccc2ncnc(-c3ccc(C4CC4)cc3)c2c1. The summed E-state index contributed by atoms with van der Waals surface area (Å²) >= 11 is 0. The van der Waals surface area contributed by atoms with E-state index in [-0.39, 0.29) is 6.61 Å². The molecule has 1 saturated carbocycles. The Kier molecular flexibility index (Phi) is 3.44. The minimum Gasteiger partial charge on any atom is -0.481 e. The lowest BCUT2D eigenvalue weighted by atomic mass is 10.0. The van der Waals surface area contributed by atoms with Gasteiger partial charge in [-0.2, -0.15) is 0 Å². The molecule has 4 rings (SSSR count). The van der Waals surface area contributed by atoms with Crippen LogP contribution in [0, 0.1) is 12.3 Å². The third kappa shape index (κ3) is 2.76. The zero-order valence-electron chi connectivity index (χ0n) is 12.7. The summed E-state index contributed by atoms with van der Waals surface area (Å²) in [7, 11) is 0. The minimum atomic E-state index is 0.255. The highest BCUT2D eigenvalue weighted by molar-refractivity contribution is 5.92. The summed E-state index contributed by atoms with van der Waals surface area (Å²) in [5.74, 6) is 3.98. The highest BCUT2D eigenvalue weighted by Gasteiger charge is 2.23. The number of fused-ring (bicyclic) bond motifs is 1. The van der Waals surface area contributed by atoms with Gasteiger partial charge in [0.15, 0.2) is 0 Å². The molecule has 3 nitrogen and oxygen atoms in total. The first kappa shape index (κ1) is 13.8. The van der Waals surface area contributed by atoms with Gasteiger partial charge in [0, 0.05) is 10.9 Å². The van der Waals surface area contributed by atoms with Crippen molar-refractivity contribution >= 4 is 10.9 Å². The first-order chi connectivity index (χ1) is 11.3. The predicted octanol–water partition coefficient (Wildman–Crippen LogP) is 4.19. The second-order valence-electron chi connectivity index (χ2n) is 5.79. The summed E-state index contributed by atoms with van der Waals surface area (Å²) in [5, 5.41) is 0.973. The van der Waals surface area contributed by atoms with E-state index < -0.39 is 0 Å². The van der Waals surface area contributed by atoms with Crippen molar-refractivity contribution in [1.29, 1.82) is 0 Å². The molecule has 0 radical (unpaired) electrons. The van der Waals surface area contributed by atoms with Gasteiger partial charge in [-0.1, -0.05) is 30.2 Å². The van der Waals surface area contributed by atoms with Crippen LogP contribution < -0.4 is 4.74 Å². The predicted molar refractivity (Wildman–Crippen MR) is 91.3 cm³/mol. The van der Waals surface area contributed by atoms with Gasteiger partial charge >= 0.3 is 0 Å². The Bertz CT molecular complexity index is 890. The lowest BCUT2D eigenvalue weighted by Gasteiger charge is -2.08. The number of rotatable bonds is 4. The van der Waals surface area contributed by atoms with Crippen LogP contribution in [-0.4, -0.2) is 16.6 Å². The molecular weight excluding hydrogens is 284 g/mol. The molecule has 112 valence electrons. The molecule has 0 atom stereocenters. The van der Waals surface area contributed by atoms with Crippen molar-refractivity contribution < 1.29 is 4.74 Å². The smallest absolute Gasteiger partial charge is 0.148 e. The van der Waals surface area contributed by atoms with Gasteiger partial charge in [0.1, 0.15) is 18.7 Å². The van der Waals surface area contributed by atoms with Crippen molar-refractivity contribution in [1.82, 2.24) is 9.97 Å². The summed E-state index contributed by atoms with van der Waals surface area (Å²) in [6.45, 7) is 0.255. The van der Waals surface area contributed by atoms with Crippen LogP contribution in [0.1, 0.15) is 24.3 Å². The van der Waals surface area contributed by atoms with E-state index in [1.807, 2.05) is 18.2 Å². The number of benzene rings is 2. The molecule has 2 aromatic carbocycles. The molecule has 1 aliphatic carbocycles. The monoisotopic (exact) mass is 300 g/mol. The van der Waals surface area contributed by atoms with E-state index in [1.54, 1.807) is 6.33 Å². The normalized spacial score (nSPS) is 13.7. The Morgan fingerprint density at radius 1 is 1.09 bits per heavy atom. The summed E-state index contributed by atoms with van der Waals surface area (Å²) in [4.78, 5) is 8.82. The number of terminal acetylenes is 1. The number of ether oxygens (including phenoxy) is 1. The number of aromatic nitrogens is 2. The van der Waals surface area contributed by atoms with E-state index in [2.05, 4.69) is 40.2 Å². The van der Waals surface area contributed by atoms with Gasteiger partial charge in [0.2, 0.25) is 0 Å². The minimum absolute atomic E-state index is 0.255. The van der Waals surface area contributed by atoms with Crippen LogP contribution in [0.2, 0.25) is 0 Å². The van der Waals surface area contributed by atoms with E-state index in [9.17, 15) is 0 Å². The molecule has 3 heteroatoms. The van der Waals surface area contributed by atoms with Gasteiger partial charge in [0.05, 0.1) is 11.2 Å². The van der Waals surface area contributed by atoms with Crippen LogP contribution in [0.25, 0.3) is 22.2 Å². The maximum atomic E-state index is 5.52. The molecule has 0 saturated heterocycles. The first-order valence-corrected chi connectivity index (χ1v) is 7.76. The summed E-state index contributed by atoms with van der Waals surface area (Å²) < 4.78 is 5.52. The van der Waals surface area contributed by atoms with E-state index in [4.69, 9.17) is 11.2 Å². The van der Waals surface area contributed by atoms with Gasteiger partial charge in [-0.15, -0.1) is 6.42 Å². The Balaban J connectivity index is 1.76. The van der Waals surface area contributed by atoms with Gasteiger partial charge in [0.25, 0.3) is 0 Å².